The lowest BCUT2D eigenvalue weighted by atomic mass is 9.89. The van der Waals surface area contributed by atoms with E-state index in [1.54, 1.807) is 0 Å². The zero-order valence-corrected chi connectivity index (χ0v) is 22.8. The summed E-state index contributed by atoms with van der Waals surface area (Å²) in [6.07, 6.45) is -0.958. The quantitative estimate of drug-likeness (QED) is 0.281. The molecule has 4 atom stereocenters. The molecule has 38 heavy (non-hydrogen) atoms. The molecule has 4 N–H and O–H groups in total. The van der Waals surface area contributed by atoms with Crippen LogP contribution in [0.15, 0.2) is 59.5 Å². The van der Waals surface area contributed by atoms with Gasteiger partial charge in [0.05, 0.1) is 43.4 Å². The van der Waals surface area contributed by atoms with Crippen LogP contribution in [0.3, 0.4) is 0 Å². The molecule has 0 spiro atoms. The van der Waals surface area contributed by atoms with E-state index < -0.39 is 40.1 Å². The maximum Gasteiger partial charge on any atom is 0.404 e. The zero-order valence-electron chi connectivity index (χ0n) is 22.0. The van der Waals surface area contributed by atoms with Gasteiger partial charge in [-0.25, -0.2) is 17.9 Å². The summed E-state index contributed by atoms with van der Waals surface area (Å²) >= 11 is 0. The summed E-state index contributed by atoms with van der Waals surface area (Å²) in [5.41, 5.74) is 0.804. The zero-order chi connectivity index (χ0) is 27.8. The van der Waals surface area contributed by atoms with Crippen molar-refractivity contribution in [2.75, 3.05) is 20.3 Å². The van der Waals surface area contributed by atoms with E-state index >= 15 is 0 Å². The minimum absolute atomic E-state index is 0.00854. The number of amides is 1. The number of methoxy groups -OCH3 is 1. The number of sulfonamides is 1. The fourth-order valence-corrected chi connectivity index (χ4v) is 5.87. The molecular weight excluding hydrogens is 512 g/mol. The number of ether oxygens (including phenoxy) is 3. The molecule has 2 unspecified atom stereocenters. The number of carbonyl (C=O) groups is 1. The standard InChI is InChI=1S/C27H38N2O8S/c1-19(13-14-27(2)36-15-16-37-27)17-24(29-38(33,34)22-11-9-21(35-3)10-12-22)25(30)23(28-26(31)32)18-20-7-5-4-6-8-20/h4-12,19,23-25,28-30H,13-18H2,1-3H3,(H,31,32)/t19?,23-,24?,25+/m0/s1. The molecule has 0 bridgehead atoms. The Morgan fingerprint density at radius 1 is 1.08 bits per heavy atom. The number of carboxylic acid groups (broad SMARTS) is 1. The molecule has 0 aromatic heterocycles. The lowest BCUT2D eigenvalue weighted by Gasteiger charge is -2.32. The number of aliphatic hydroxyl groups is 1. The molecule has 210 valence electrons. The molecule has 1 aliphatic rings. The summed E-state index contributed by atoms with van der Waals surface area (Å²) in [5, 5.41) is 23.3. The van der Waals surface area contributed by atoms with E-state index in [0.29, 0.717) is 31.8 Å². The average molecular weight is 551 g/mol. The highest BCUT2D eigenvalue weighted by Gasteiger charge is 2.35. The normalized spacial score (nSPS) is 18.3. The summed E-state index contributed by atoms with van der Waals surface area (Å²) < 4.78 is 45.7. The second kappa shape index (κ2) is 13.4. The first-order valence-corrected chi connectivity index (χ1v) is 14.2. The number of hydrogen-bond acceptors (Lipinski definition) is 7. The van der Waals surface area contributed by atoms with E-state index in [1.165, 1.54) is 31.4 Å². The van der Waals surface area contributed by atoms with E-state index in [-0.39, 0.29) is 23.7 Å². The van der Waals surface area contributed by atoms with Crippen molar-refractivity contribution >= 4 is 16.1 Å². The average Bonchev–Trinajstić information content (AvgIpc) is 3.33. The van der Waals surface area contributed by atoms with Gasteiger partial charge in [-0.05, 0) is 61.9 Å². The van der Waals surface area contributed by atoms with Crippen LogP contribution >= 0.6 is 0 Å². The van der Waals surface area contributed by atoms with E-state index in [4.69, 9.17) is 14.2 Å². The fraction of sp³-hybridized carbons (Fsp3) is 0.519. The van der Waals surface area contributed by atoms with Crippen LogP contribution in [-0.2, 0) is 25.9 Å². The van der Waals surface area contributed by atoms with Crippen molar-refractivity contribution in [3.8, 4) is 5.75 Å². The third kappa shape index (κ3) is 8.67. The first-order valence-electron chi connectivity index (χ1n) is 12.7. The third-order valence-corrected chi connectivity index (χ3v) is 8.26. The third-order valence-electron chi connectivity index (χ3n) is 6.75. The molecule has 3 rings (SSSR count). The van der Waals surface area contributed by atoms with E-state index in [0.717, 1.165) is 5.56 Å². The van der Waals surface area contributed by atoms with Gasteiger partial charge in [-0.1, -0.05) is 37.3 Å². The van der Waals surface area contributed by atoms with Crippen molar-refractivity contribution in [1.82, 2.24) is 10.0 Å². The molecule has 1 aliphatic heterocycles. The maximum absolute atomic E-state index is 13.3. The summed E-state index contributed by atoms with van der Waals surface area (Å²) in [6.45, 7) is 4.88. The Kier molecular flexibility index (Phi) is 10.5. The van der Waals surface area contributed by atoms with Gasteiger partial charge in [0.25, 0.3) is 0 Å². The topological polar surface area (TPSA) is 143 Å². The Morgan fingerprint density at radius 2 is 1.71 bits per heavy atom. The van der Waals surface area contributed by atoms with Gasteiger partial charge in [-0.2, -0.15) is 0 Å². The predicted molar refractivity (Wildman–Crippen MR) is 142 cm³/mol. The Bertz CT molecular complexity index is 1120. The molecule has 1 saturated heterocycles. The number of hydrogen-bond donors (Lipinski definition) is 4. The van der Waals surface area contributed by atoms with Gasteiger partial charge >= 0.3 is 6.09 Å². The van der Waals surface area contributed by atoms with Gasteiger partial charge in [0, 0.05) is 6.42 Å². The van der Waals surface area contributed by atoms with Crippen LogP contribution < -0.4 is 14.8 Å². The van der Waals surface area contributed by atoms with Gasteiger partial charge in [0.15, 0.2) is 5.79 Å². The number of benzene rings is 2. The number of rotatable bonds is 14. The van der Waals surface area contributed by atoms with E-state index in [1.807, 2.05) is 44.2 Å². The van der Waals surface area contributed by atoms with Crippen molar-refractivity contribution in [2.24, 2.45) is 5.92 Å². The largest absolute Gasteiger partial charge is 0.497 e. The highest BCUT2D eigenvalue weighted by molar-refractivity contribution is 7.89. The van der Waals surface area contributed by atoms with Crippen LogP contribution in [0.25, 0.3) is 0 Å². The van der Waals surface area contributed by atoms with Crippen molar-refractivity contribution in [3.05, 3.63) is 60.2 Å². The Labute approximate surface area is 224 Å². The maximum atomic E-state index is 13.3. The van der Waals surface area contributed by atoms with Crippen LogP contribution in [0.4, 0.5) is 4.79 Å². The number of nitrogens with one attached hydrogen (secondary N) is 2. The van der Waals surface area contributed by atoms with Crippen molar-refractivity contribution < 1.29 is 37.6 Å². The molecule has 10 nitrogen and oxygen atoms in total. The molecule has 1 amide bonds. The lowest BCUT2D eigenvalue weighted by Crippen LogP contribution is -2.55. The van der Waals surface area contributed by atoms with E-state index in [9.17, 15) is 23.4 Å². The van der Waals surface area contributed by atoms with Crippen LogP contribution in [0.2, 0.25) is 0 Å². The first-order chi connectivity index (χ1) is 18.0. The Hall–Kier alpha value is -2.70. The molecule has 1 fully saturated rings. The summed E-state index contributed by atoms with van der Waals surface area (Å²) in [7, 11) is -2.56. The molecule has 0 radical (unpaired) electrons. The van der Waals surface area contributed by atoms with Gasteiger partial charge in [-0.15, -0.1) is 0 Å². The van der Waals surface area contributed by atoms with Gasteiger partial charge in [0.2, 0.25) is 10.0 Å². The SMILES string of the molecule is COc1ccc(S(=O)(=O)NC(CC(C)CCC2(C)OCCO2)[C@H](O)[C@H](Cc2ccccc2)NC(=O)O)cc1. The fourth-order valence-electron chi connectivity index (χ4n) is 4.60. The molecule has 0 saturated carbocycles. The first kappa shape index (κ1) is 29.9. The lowest BCUT2D eigenvalue weighted by molar-refractivity contribution is -0.149. The summed E-state index contributed by atoms with van der Waals surface area (Å²) in [4.78, 5) is 11.6. The van der Waals surface area contributed by atoms with Crippen molar-refractivity contribution in [2.45, 2.75) is 68.4 Å². The van der Waals surface area contributed by atoms with E-state index in [2.05, 4.69) is 10.0 Å². The highest BCUT2D eigenvalue weighted by Crippen LogP contribution is 2.28. The van der Waals surface area contributed by atoms with Crippen molar-refractivity contribution in [1.29, 1.82) is 0 Å². The predicted octanol–water partition coefficient (Wildman–Crippen LogP) is 3.15. The monoisotopic (exact) mass is 550 g/mol. The minimum Gasteiger partial charge on any atom is -0.497 e. The number of aliphatic hydroxyl groups excluding tert-OH is 1. The molecule has 2 aromatic carbocycles. The second-order valence-electron chi connectivity index (χ2n) is 9.85. The Balaban J connectivity index is 1.83. The van der Waals surface area contributed by atoms with Crippen LogP contribution in [0.5, 0.6) is 5.75 Å². The highest BCUT2D eigenvalue weighted by atomic mass is 32.2. The molecule has 0 aliphatic carbocycles. The van der Waals surface area contributed by atoms with Gasteiger partial charge in [-0.3, -0.25) is 0 Å². The summed E-state index contributed by atoms with van der Waals surface area (Å²) in [5.74, 6) is -0.223. The molecule has 2 aromatic rings. The van der Waals surface area contributed by atoms with Crippen molar-refractivity contribution in [3.63, 3.8) is 0 Å². The van der Waals surface area contributed by atoms with Crippen LogP contribution in [0, 0.1) is 5.92 Å². The van der Waals surface area contributed by atoms with Crippen LogP contribution in [-0.4, -0.2) is 69.0 Å². The van der Waals surface area contributed by atoms with Gasteiger partial charge < -0.3 is 29.7 Å². The Morgan fingerprint density at radius 3 is 2.29 bits per heavy atom. The minimum atomic E-state index is -4.04. The second-order valence-corrected chi connectivity index (χ2v) is 11.6. The molecule has 1 heterocycles. The summed E-state index contributed by atoms with van der Waals surface area (Å²) in [6, 6.07) is 13.1. The van der Waals surface area contributed by atoms with Gasteiger partial charge in [0.1, 0.15) is 5.75 Å². The van der Waals surface area contributed by atoms with Crippen LogP contribution in [0.1, 0.15) is 38.7 Å². The smallest absolute Gasteiger partial charge is 0.404 e. The molecular formula is C27H38N2O8S. The molecule has 11 heteroatoms.